The fourth-order valence-electron chi connectivity index (χ4n) is 2.66. The molecule has 2 aliphatic rings. The Bertz CT molecular complexity index is 580. The maximum absolute atomic E-state index is 12.9. The van der Waals surface area contributed by atoms with Gasteiger partial charge < -0.3 is 15.1 Å². The molecule has 1 aromatic heterocycles. The van der Waals surface area contributed by atoms with Gasteiger partial charge in [-0.1, -0.05) is 0 Å². The minimum absolute atomic E-state index is 0.0608. The Morgan fingerprint density at radius 3 is 2.76 bits per heavy atom. The molecule has 1 aromatic rings. The predicted molar refractivity (Wildman–Crippen MR) is 75.2 cm³/mol. The highest BCUT2D eigenvalue weighted by molar-refractivity contribution is 5.75. The largest absolute Gasteiger partial charge is 0.417 e. The number of anilines is 2. The van der Waals surface area contributed by atoms with E-state index in [1.165, 1.54) is 6.07 Å². The number of rotatable bonds is 1. The van der Waals surface area contributed by atoms with Crippen LogP contribution in [0.4, 0.5) is 24.7 Å². The number of hydrogen-bond donors (Lipinski definition) is 1. The molecule has 0 aliphatic carbocycles. The zero-order valence-electron chi connectivity index (χ0n) is 11.9. The van der Waals surface area contributed by atoms with Crippen LogP contribution in [0.2, 0.25) is 0 Å². The van der Waals surface area contributed by atoms with Crippen molar-refractivity contribution in [3.63, 3.8) is 0 Å². The molecule has 1 fully saturated rings. The van der Waals surface area contributed by atoms with E-state index >= 15 is 0 Å². The van der Waals surface area contributed by atoms with Crippen LogP contribution in [-0.2, 0) is 6.18 Å². The number of fused-ring (bicyclic) bond motifs is 3. The highest BCUT2D eigenvalue weighted by Gasteiger charge is 2.35. The van der Waals surface area contributed by atoms with Gasteiger partial charge in [0, 0.05) is 43.8 Å². The fourth-order valence-corrected chi connectivity index (χ4v) is 2.66. The van der Waals surface area contributed by atoms with Gasteiger partial charge in [-0.3, -0.25) is 0 Å². The first-order chi connectivity index (χ1) is 9.88. The van der Waals surface area contributed by atoms with Gasteiger partial charge >= 0.3 is 6.18 Å². The molecule has 7 heteroatoms. The van der Waals surface area contributed by atoms with Crippen LogP contribution in [0.15, 0.2) is 24.2 Å². The standard InChI is InChI=1S/C14H17F3N4/c1-9(2)21-8-11-7-18-3-4-20(11)13-12(21)5-10(6-19-13)14(15,16)17/h5-6,8-9,18H,3-4,7H2,1-2H3. The number of halogens is 3. The summed E-state index contributed by atoms with van der Waals surface area (Å²) >= 11 is 0. The van der Waals surface area contributed by atoms with E-state index in [1.54, 1.807) is 0 Å². The highest BCUT2D eigenvalue weighted by atomic mass is 19.4. The number of aromatic nitrogens is 1. The van der Waals surface area contributed by atoms with Crippen LogP contribution in [0.5, 0.6) is 0 Å². The molecule has 0 bridgehead atoms. The van der Waals surface area contributed by atoms with Crippen molar-refractivity contribution in [3.8, 4) is 0 Å². The second-order valence-electron chi connectivity index (χ2n) is 5.51. The van der Waals surface area contributed by atoms with E-state index in [2.05, 4.69) is 10.3 Å². The van der Waals surface area contributed by atoms with E-state index < -0.39 is 11.7 Å². The first-order valence-electron chi connectivity index (χ1n) is 6.92. The average molecular weight is 298 g/mol. The van der Waals surface area contributed by atoms with E-state index in [9.17, 15) is 13.2 Å². The third-order valence-corrected chi connectivity index (χ3v) is 3.72. The summed E-state index contributed by atoms with van der Waals surface area (Å²) in [6, 6.07) is 1.25. The lowest BCUT2D eigenvalue weighted by molar-refractivity contribution is -0.137. The van der Waals surface area contributed by atoms with E-state index in [4.69, 9.17) is 0 Å². The Morgan fingerprint density at radius 2 is 2.10 bits per heavy atom. The highest BCUT2D eigenvalue weighted by Crippen LogP contribution is 2.40. The number of pyridine rings is 1. The minimum atomic E-state index is -4.38. The van der Waals surface area contributed by atoms with Gasteiger partial charge in [0.05, 0.1) is 11.3 Å². The molecule has 0 radical (unpaired) electrons. The number of nitrogens with zero attached hydrogens (tertiary/aromatic N) is 3. The van der Waals surface area contributed by atoms with Crippen molar-refractivity contribution in [1.29, 1.82) is 0 Å². The molecular formula is C14H17F3N4. The third-order valence-electron chi connectivity index (χ3n) is 3.72. The van der Waals surface area contributed by atoms with Crippen molar-refractivity contribution in [2.75, 3.05) is 29.4 Å². The summed E-state index contributed by atoms with van der Waals surface area (Å²) in [6.07, 6.45) is -1.54. The Labute approximate surface area is 121 Å². The fraction of sp³-hybridized carbons (Fsp3) is 0.500. The average Bonchev–Trinajstić information content (AvgIpc) is 2.44. The van der Waals surface area contributed by atoms with Gasteiger partial charge in [0.2, 0.25) is 0 Å². The first kappa shape index (κ1) is 14.2. The molecule has 1 saturated heterocycles. The third kappa shape index (κ3) is 2.46. The lowest BCUT2D eigenvalue weighted by atomic mass is 10.1. The summed E-state index contributed by atoms with van der Waals surface area (Å²) in [6.45, 7) is 6.11. The molecule has 0 amide bonds. The van der Waals surface area contributed by atoms with Crippen molar-refractivity contribution in [2.45, 2.75) is 26.1 Å². The summed E-state index contributed by atoms with van der Waals surface area (Å²) in [4.78, 5) is 7.95. The molecule has 0 atom stereocenters. The van der Waals surface area contributed by atoms with Gasteiger partial charge in [0.1, 0.15) is 0 Å². The normalized spacial score (nSPS) is 18.5. The van der Waals surface area contributed by atoms with Gasteiger partial charge in [-0.2, -0.15) is 13.2 Å². The topological polar surface area (TPSA) is 31.4 Å². The summed E-state index contributed by atoms with van der Waals surface area (Å²) in [5, 5.41) is 3.27. The van der Waals surface area contributed by atoms with Crippen molar-refractivity contribution in [3.05, 3.63) is 29.7 Å². The number of piperazine rings is 1. The molecule has 0 unspecified atom stereocenters. The second-order valence-corrected chi connectivity index (χ2v) is 5.51. The summed E-state index contributed by atoms with van der Waals surface area (Å²) in [5.41, 5.74) is 0.846. The quantitative estimate of drug-likeness (QED) is 0.863. The summed E-state index contributed by atoms with van der Waals surface area (Å²) in [7, 11) is 0. The van der Waals surface area contributed by atoms with Crippen molar-refractivity contribution in [2.24, 2.45) is 0 Å². The van der Waals surface area contributed by atoms with E-state index in [0.717, 1.165) is 18.4 Å². The SMILES string of the molecule is CC(C)N1C=C2CNCCN2c2ncc(C(F)(F)F)cc21. The molecule has 21 heavy (non-hydrogen) atoms. The lowest BCUT2D eigenvalue weighted by Crippen LogP contribution is -2.46. The zero-order chi connectivity index (χ0) is 15.2. The molecule has 0 saturated carbocycles. The zero-order valence-corrected chi connectivity index (χ0v) is 11.9. The van der Waals surface area contributed by atoms with Crippen LogP contribution < -0.4 is 15.1 Å². The van der Waals surface area contributed by atoms with Gasteiger partial charge in [-0.25, -0.2) is 4.98 Å². The predicted octanol–water partition coefficient (Wildman–Crippen LogP) is 2.58. The summed E-state index contributed by atoms with van der Waals surface area (Å²) < 4.78 is 38.8. The minimum Gasteiger partial charge on any atom is -0.341 e. The van der Waals surface area contributed by atoms with Gasteiger partial charge in [-0.05, 0) is 19.9 Å². The lowest BCUT2D eigenvalue weighted by Gasteiger charge is -2.41. The van der Waals surface area contributed by atoms with Crippen LogP contribution in [0, 0.1) is 0 Å². The number of nitrogens with one attached hydrogen (secondary N) is 1. The molecule has 3 rings (SSSR count). The van der Waals surface area contributed by atoms with E-state index in [1.807, 2.05) is 29.8 Å². The first-order valence-corrected chi connectivity index (χ1v) is 6.92. The number of alkyl halides is 3. The monoisotopic (exact) mass is 298 g/mol. The molecular weight excluding hydrogens is 281 g/mol. The smallest absolute Gasteiger partial charge is 0.341 e. The Balaban J connectivity index is 2.11. The molecule has 1 N–H and O–H groups in total. The van der Waals surface area contributed by atoms with Crippen LogP contribution >= 0.6 is 0 Å². The Morgan fingerprint density at radius 1 is 1.33 bits per heavy atom. The summed E-state index contributed by atoms with van der Waals surface area (Å²) in [5.74, 6) is 0.607. The molecule has 2 aliphatic heterocycles. The van der Waals surface area contributed by atoms with E-state index in [0.29, 0.717) is 24.6 Å². The van der Waals surface area contributed by atoms with Gasteiger partial charge in [0.15, 0.2) is 5.82 Å². The van der Waals surface area contributed by atoms with E-state index in [-0.39, 0.29) is 6.04 Å². The van der Waals surface area contributed by atoms with Gasteiger partial charge in [0.25, 0.3) is 0 Å². The van der Waals surface area contributed by atoms with Crippen molar-refractivity contribution in [1.82, 2.24) is 10.3 Å². The maximum Gasteiger partial charge on any atom is 0.417 e. The molecule has 3 heterocycles. The van der Waals surface area contributed by atoms with Crippen LogP contribution in [0.3, 0.4) is 0 Å². The second kappa shape index (κ2) is 4.91. The van der Waals surface area contributed by atoms with Gasteiger partial charge in [-0.15, -0.1) is 0 Å². The van der Waals surface area contributed by atoms with Crippen molar-refractivity contribution < 1.29 is 13.2 Å². The van der Waals surface area contributed by atoms with Crippen LogP contribution in [0.1, 0.15) is 19.4 Å². The molecule has 0 spiro atoms. The number of hydrogen-bond acceptors (Lipinski definition) is 4. The molecule has 114 valence electrons. The molecule has 0 aromatic carbocycles. The van der Waals surface area contributed by atoms with Crippen molar-refractivity contribution >= 4 is 11.5 Å². The molecule has 4 nitrogen and oxygen atoms in total. The maximum atomic E-state index is 12.9. The van der Waals surface area contributed by atoms with Crippen LogP contribution in [-0.4, -0.2) is 30.7 Å². The Hall–Kier alpha value is -1.76. The Kier molecular flexibility index (Phi) is 3.32. The van der Waals surface area contributed by atoms with Crippen LogP contribution in [0.25, 0.3) is 0 Å².